The van der Waals surface area contributed by atoms with Gasteiger partial charge in [-0.15, -0.1) is 12.4 Å². The minimum atomic E-state index is -3.15. The van der Waals surface area contributed by atoms with E-state index in [2.05, 4.69) is 16.1 Å². The third-order valence-corrected chi connectivity index (χ3v) is 4.13. The van der Waals surface area contributed by atoms with Gasteiger partial charge in [-0.1, -0.05) is 32.4 Å². The van der Waals surface area contributed by atoms with Gasteiger partial charge in [0.1, 0.15) is 0 Å². The molecule has 0 aromatic heterocycles. The second-order valence-electron chi connectivity index (χ2n) is 5.46. The topological polar surface area (TPSA) is 58.2 Å². The largest absolute Gasteiger partial charge is 0.313 e. The summed E-state index contributed by atoms with van der Waals surface area (Å²) < 4.78 is 26.1. The maximum atomic E-state index is 11.7. The lowest BCUT2D eigenvalue weighted by Gasteiger charge is -2.19. The Morgan fingerprint density at radius 1 is 1.41 bits per heavy atom. The van der Waals surface area contributed by atoms with Crippen LogP contribution in [0.25, 0.3) is 0 Å². The molecule has 0 bridgehead atoms. The maximum absolute atomic E-state index is 11.7. The number of hydrogen-bond donors (Lipinski definition) is 2. The van der Waals surface area contributed by atoms with Crippen LogP contribution < -0.4 is 10.0 Å². The van der Waals surface area contributed by atoms with E-state index in [1.54, 1.807) is 0 Å². The van der Waals surface area contributed by atoms with Crippen LogP contribution in [0.5, 0.6) is 0 Å². The van der Waals surface area contributed by atoms with E-state index in [1.807, 2.05) is 20.8 Å². The standard InChI is InChI=1S/C11H22N2O2S.ClH/c1-11(2,3)9-16(14,15)13-8-10-4-6-12-7-5-10;/h4,12-13H,5-9H2,1-3H3;1H. The van der Waals surface area contributed by atoms with Gasteiger partial charge in [0.2, 0.25) is 10.0 Å². The molecule has 1 heterocycles. The summed E-state index contributed by atoms with van der Waals surface area (Å²) in [6.45, 7) is 8.02. The van der Waals surface area contributed by atoms with Gasteiger partial charge in [0.15, 0.2) is 0 Å². The van der Waals surface area contributed by atoms with Crippen molar-refractivity contribution in [2.45, 2.75) is 27.2 Å². The molecule has 1 aliphatic rings. The highest BCUT2D eigenvalue weighted by molar-refractivity contribution is 7.89. The van der Waals surface area contributed by atoms with Crippen molar-refractivity contribution in [2.75, 3.05) is 25.4 Å². The summed E-state index contributed by atoms with van der Waals surface area (Å²) in [7, 11) is -3.15. The predicted molar refractivity (Wildman–Crippen MR) is 74.1 cm³/mol. The Hall–Kier alpha value is -0.100. The molecular weight excluding hydrogens is 260 g/mol. The van der Waals surface area contributed by atoms with E-state index in [0.29, 0.717) is 6.54 Å². The van der Waals surface area contributed by atoms with Crippen molar-refractivity contribution in [3.05, 3.63) is 11.6 Å². The van der Waals surface area contributed by atoms with E-state index in [1.165, 1.54) is 5.57 Å². The Kier molecular flexibility index (Phi) is 6.69. The first kappa shape index (κ1) is 16.9. The molecule has 4 nitrogen and oxygen atoms in total. The molecule has 6 heteroatoms. The molecule has 17 heavy (non-hydrogen) atoms. The van der Waals surface area contributed by atoms with Crippen LogP contribution in [0.3, 0.4) is 0 Å². The van der Waals surface area contributed by atoms with Crippen molar-refractivity contribution in [1.82, 2.24) is 10.0 Å². The molecule has 2 N–H and O–H groups in total. The Morgan fingerprint density at radius 3 is 2.53 bits per heavy atom. The van der Waals surface area contributed by atoms with E-state index in [4.69, 9.17) is 0 Å². The molecular formula is C11H23ClN2O2S. The number of rotatable bonds is 4. The van der Waals surface area contributed by atoms with Gasteiger partial charge in [0.25, 0.3) is 0 Å². The molecule has 0 aliphatic carbocycles. The van der Waals surface area contributed by atoms with Gasteiger partial charge in [-0.2, -0.15) is 0 Å². The highest BCUT2D eigenvalue weighted by Crippen LogP contribution is 2.15. The van der Waals surface area contributed by atoms with Crippen LogP contribution in [0, 0.1) is 5.41 Å². The lowest BCUT2D eigenvalue weighted by Crippen LogP contribution is -2.34. The van der Waals surface area contributed by atoms with Gasteiger partial charge in [-0.05, 0) is 18.4 Å². The zero-order chi connectivity index (χ0) is 12.2. The Balaban J connectivity index is 0.00000256. The molecule has 102 valence electrons. The van der Waals surface area contributed by atoms with Gasteiger partial charge >= 0.3 is 0 Å². The molecule has 0 unspecified atom stereocenters. The predicted octanol–water partition coefficient (Wildman–Crippen LogP) is 1.29. The molecule has 0 spiro atoms. The van der Waals surface area contributed by atoms with E-state index in [0.717, 1.165) is 19.5 Å². The fraction of sp³-hybridized carbons (Fsp3) is 0.818. The van der Waals surface area contributed by atoms with Gasteiger partial charge in [0.05, 0.1) is 5.75 Å². The number of hydrogen-bond acceptors (Lipinski definition) is 3. The number of sulfonamides is 1. The van der Waals surface area contributed by atoms with Crippen molar-refractivity contribution in [1.29, 1.82) is 0 Å². The first-order chi connectivity index (χ1) is 7.29. The fourth-order valence-corrected chi connectivity index (χ4v) is 3.30. The summed E-state index contributed by atoms with van der Waals surface area (Å²) in [4.78, 5) is 0. The molecule has 0 saturated carbocycles. The normalized spacial score (nSPS) is 17.2. The van der Waals surface area contributed by atoms with Crippen LogP contribution in [0.4, 0.5) is 0 Å². The third-order valence-electron chi connectivity index (χ3n) is 2.30. The second kappa shape index (κ2) is 6.73. The lowest BCUT2D eigenvalue weighted by atomic mass is 10.0. The molecule has 0 saturated heterocycles. The molecule has 0 fully saturated rings. The van der Waals surface area contributed by atoms with Gasteiger partial charge in [0, 0.05) is 13.1 Å². The SMILES string of the molecule is CC(C)(C)CS(=O)(=O)NCC1=CCNCC1.Cl. The van der Waals surface area contributed by atoms with Crippen LogP contribution in [0.15, 0.2) is 11.6 Å². The summed E-state index contributed by atoms with van der Waals surface area (Å²) in [5.41, 5.74) is 0.977. The first-order valence-corrected chi connectivity index (χ1v) is 7.30. The molecule has 1 rings (SSSR count). The summed E-state index contributed by atoms with van der Waals surface area (Å²) in [5, 5.41) is 3.20. The molecule has 1 aliphatic heterocycles. The number of halogens is 1. The highest BCUT2D eigenvalue weighted by atomic mass is 35.5. The monoisotopic (exact) mass is 282 g/mol. The van der Waals surface area contributed by atoms with Crippen LogP contribution >= 0.6 is 12.4 Å². The van der Waals surface area contributed by atoms with Crippen LogP contribution in [0.2, 0.25) is 0 Å². The second-order valence-corrected chi connectivity index (χ2v) is 7.26. The average molecular weight is 283 g/mol. The van der Waals surface area contributed by atoms with Crippen molar-refractivity contribution in [3.8, 4) is 0 Å². The van der Waals surface area contributed by atoms with Crippen molar-refractivity contribution in [2.24, 2.45) is 5.41 Å². The van der Waals surface area contributed by atoms with Crippen LogP contribution in [-0.2, 0) is 10.0 Å². The van der Waals surface area contributed by atoms with Crippen molar-refractivity contribution in [3.63, 3.8) is 0 Å². The quantitative estimate of drug-likeness (QED) is 0.764. The lowest BCUT2D eigenvalue weighted by molar-refractivity contribution is 0.458. The average Bonchev–Trinajstić information content (AvgIpc) is 2.13. The van der Waals surface area contributed by atoms with E-state index in [9.17, 15) is 8.42 Å². The summed E-state index contributed by atoms with van der Waals surface area (Å²) in [6, 6.07) is 0. The molecule has 0 atom stereocenters. The fourth-order valence-electron chi connectivity index (χ4n) is 1.65. The van der Waals surface area contributed by atoms with Gasteiger partial charge in [-0.3, -0.25) is 0 Å². The minimum absolute atomic E-state index is 0. The molecule has 0 amide bonds. The molecule has 0 aromatic carbocycles. The molecule has 0 radical (unpaired) electrons. The van der Waals surface area contributed by atoms with Crippen molar-refractivity contribution < 1.29 is 8.42 Å². The first-order valence-electron chi connectivity index (χ1n) is 5.64. The third kappa shape index (κ3) is 7.76. The Bertz CT molecular complexity index is 358. The van der Waals surface area contributed by atoms with Crippen molar-refractivity contribution >= 4 is 22.4 Å². The van der Waals surface area contributed by atoms with Gasteiger partial charge in [-0.25, -0.2) is 13.1 Å². The van der Waals surface area contributed by atoms with Crippen LogP contribution in [0.1, 0.15) is 27.2 Å². The van der Waals surface area contributed by atoms with E-state index >= 15 is 0 Å². The molecule has 0 aromatic rings. The van der Waals surface area contributed by atoms with Gasteiger partial charge < -0.3 is 5.32 Å². The zero-order valence-electron chi connectivity index (χ0n) is 10.7. The highest BCUT2D eigenvalue weighted by Gasteiger charge is 2.21. The minimum Gasteiger partial charge on any atom is -0.313 e. The Morgan fingerprint density at radius 2 is 2.06 bits per heavy atom. The van der Waals surface area contributed by atoms with Crippen LogP contribution in [-0.4, -0.2) is 33.8 Å². The van der Waals surface area contributed by atoms with E-state index < -0.39 is 10.0 Å². The maximum Gasteiger partial charge on any atom is 0.212 e. The zero-order valence-corrected chi connectivity index (χ0v) is 12.4. The number of nitrogens with one attached hydrogen (secondary N) is 2. The summed E-state index contributed by atoms with van der Waals surface area (Å²) in [5.74, 6) is 0.172. The smallest absolute Gasteiger partial charge is 0.212 e. The van der Waals surface area contributed by atoms with E-state index in [-0.39, 0.29) is 23.6 Å². The summed E-state index contributed by atoms with van der Waals surface area (Å²) in [6.07, 6.45) is 2.99. The Labute approximate surface area is 111 Å². The summed E-state index contributed by atoms with van der Waals surface area (Å²) >= 11 is 0.